The van der Waals surface area contributed by atoms with Crippen molar-refractivity contribution in [2.45, 2.75) is 46.1 Å². The Morgan fingerprint density at radius 1 is 1.33 bits per heavy atom. The Balaban J connectivity index is 2.91. The van der Waals surface area contributed by atoms with Gasteiger partial charge in [0, 0.05) is 12.5 Å². The molecule has 8 nitrogen and oxygen atoms in total. The maximum atomic E-state index is 12.8. The molecule has 1 N–H and O–H groups in total. The normalized spacial score (nSPS) is 13.6. The van der Waals surface area contributed by atoms with E-state index in [1.165, 1.54) is 7.11 Å². The third kappa shape index (κ3) is 6.14. The van der Waals surface area contributed by atoms with Gasteiger partial charge in [-0.2, -0.15) is 0 Å². The van der Waals surface area contributed by atoms with Gasteiger partial charge in [0.25, 0.3) is 0 Å². The minimum absolute atomic E-state index is 0.213. The Hall–Kier alpha value is -0.990. The summed E-state index contributed by atoms with van der Waals surface area (Å²) in [5.74, 6) is -0.970. The van der Waals surface area contributed by atoms with Crippen LogP contribution in [0.1, 0.15) is 46.2 Å². The number of hydrogen-bond acceptors (Lipinski definition) is 8. The third-order valence-corrected chi connectivity index (χ3v) is 5.57. The molecule has 1 atom stereocenters. The molecule has 1 rings (SSSR count). The molecule has 0 saturated carbocycles. The SMILES string of the molecule is CCOP(=O)(OCC)C(OC)c1csc(NC(=O)OC(C)(C)C)n1. The molecule has 1 unspecified atom stereocenters. The van der Waals surface area contributed by atoms with Crippen LogP contribution in [0.2, 0.25) is 0 Å². The number of hydrogen-bond donors (Lipinski definition) is 1. The highest BCUT2D eigenvalue weighted by atomic mass is 32.1. The summed E-state index contributed by atoms with van der Waals surface area (Å²) in [4.78, 5) is 16.0. The molecule has 24 heavy (non-hydrogen) atoms. The first-order valence-corrected chi connectivity index (χ1v) is 10.0. The quantitative estimate of drug-likeness (QED) is 0.668. The zero-order chi connectivity index (χ0) is 18.4. The highest BCUT2D eigenvalue weighted by Crippen LogP contribution is 2.61. The summed E-state index contributed by atoms with van der Waals surface area (Å²) in [6.07, 6.45) is -0.616. The van der Waals surface area contributed by atoms with Gasteiger partial charge >= 0.3 is 13.7 Å². The summed E-state index contributed by atoms with van der Waals surface area (Å²) in [5.41, 5.74) is -0.252. The molecule has 10 heteroatoms. The fourth-order valence-corrected chi connectivity index (χ4v) is 4.38. The third-order valence-electron chi connectivity index (χ3n) is 2.51. The number of nitrogens with one attached hydrogen (secondary N) is 1. The molecular formula is C14H25N2O6PS. The van der Waals surface area contributed by atoms with Crippen LogP contribution in [0, 0.1) is 0 Å². The number of carbonyl (C=O) groups excluding carboxylic acids is 1. The average molecular weight is 380 g/mol. The molecule has 138 valence electrons. The van der Waals surface area contributed by atoms with Crippen molar-refractivity contribution in [3.8, 4) is 0 Å². The van der Waals surface area contributed by atoms with Crippen molar-refractivity contribution in [1.82, 2.24) is 4.98 Å². The van der Waals surface area contributed by atoms with E-state index in [0.29, 0.717) is 10.8 Å². The largest absolute Gasteiger partial charge is 0.444 e. The molecule has 0 fully saturated rings. The molecule has 0 aliphatic carbocycles. The fourth-order valence-electron chi connectivity index (χ4n) is 1.79. The van der Waals surface area contributed by atoms with E-state index in [4.69, 9.17) is 18.5 Å². The van der Waals surface area contributed by atoms with Crippen LogP contribution >= 0.6 is 18.9 Å². The Morgan fingerprint density at radius 3 is 2.38 bits per heavy atom. The summed E-state index contributed by atoms with van der Waals surface area (Å²) >= 11 is 1.16. The van der Waals surface area contributed by atoms with Gasteiger partial charge in [0.05, 0.1) is 18.9 Å². The molecule has 0 aliphatic rings. The second-order valence-electron chi connectivity index (χ2n) is 5.67. The number of nitrogens with zero attached hydrogens (tertiary/aromatic N) is 1. The minimum atomic E-state index is -3.53. The van der Waals surface area contributed by atoms with Crippen molar-refractivity contribution >= 4 is 30.2 Å². The standard InChI is InChI=1S/C14H25N2O6PS/c1-7-20-23(18,21-8-2)11(19-6)10-9-24-12(15-10)16-13(17)22-14(3,4)5/h9,11H,7-8H2,1-6H3,(H,15,16,17). The molecule has 1 heterocycles. The maximum absolute atomic E-state index is 12.8. The van der Waals surface area contributed by atoms with E-state index < -0.39 is 25.1 Å². The monoisotopic (exact) mass is 380 g/mol. The van der Waals surface area contributed by atoms with Gasteiger partial charge in [-0.1, -0.05) is 0 Å². The summed E-state index contributed by atoms with van der Waals surface area (Å²) in [7, 11) is -2.13. The van der Waals surface area contributed by atoms with E-state index in [0.717, 1.165) is 11.3 Å². The van der Waals surface area contributed by atoms with E-state index in [-0.39, 0.29) is 13.2 Å². The van der Waals surface area contributed by atoms with Gasteiger partial charge < -0.3 is 18.5 Å². The highest BCUT2D eigenvalue weighted by Gasteiger charge is 2.39. The van der Waals surface area contributed by atoms with Crippen LogP contribution in [0.4, 0.5) is 9.93 Å². The Morgan fingerprint density at radius 2 is 1.92 bits per heavy atom. The maximum Gasteiger partial charge on any atom is 0.413 e. The molecule has 1 amide bonds. The number of methoxy groups -OCH3 is 1. The van der Waals surface area contributed by atoms with Crippen molar-refractivity contribution < 1.29 is 27.9 Å². The smallest absolute Gasteiger partial charge is 0.413 e. The number of aromatic nitrogens is 1. The first kappa shape index (κ1) is 21.1. The highest BCUT2D eigenvalue weighted by molar-refractivity contribution is 7.54. The Bertz CT molecular complexity index is 576. The van der Waals surface area contributed by atoms with Crippen molar-refractivity contribution in [2.24, 2.45) is 0 Å². The second-order valence-corrected chi connectivity index (χ2v) is 8.59. The number of rotatable bonds is 8. The molecule has 0 saturated heterocycles. The van der Waals surface area contributed by atoms with Crippen LogP contribution in [0.3, 0.4) is 0 Å². The summed E-state index contributed by atoms with van der Waals surface area (Å²) < 4.78 is 33.9. The predicted octanol–water partition coefficient (Wildman–Crippen LogP) is 4.40. The van der Waals surface area contributed by atoms with Gasteiger partial charge in [-0.05, 0) is 34.6 Å². The van der Waals surface area contributed by atoms with Crippen molar-refractivity contribution in [2.75, 3.05) is 25.6 Å². The number of ether oxygens (including phenoxy) is 2. The zero-order valence-electron chi connectivity index (χ0n) is 14.8. The number of amides is 1. The summed E-state index contributed by atoms with van der Waals surface area (Å²) in [6, 6.07) is 0. The van der Waals surface area contributed by atoms with Gasteiger partial charge in [0.15, 0.2) is 5.13 Å². The Labute approximate surface area is 146 Å². The molecule has 0 spiro atoms. The number of carbonyl (C=O) groups is 1. The first-order valence-electron chi connectivity index (χ1n) is 7.52. The van der Waals surface area contributed by atoms with Gasteiger partial charge in [-0.25, -0.2) is 9.78 Å². The fraction of sp³-hybridized carbons (Fsp3) is 0.714. The van der Waals surface area contributed by atoms with Gasteiger partial charge in [0.2, 0.25) is 5.85 Å². The minimum Gasteiger partial charge on any atom is -0.444 e. The van der Waals surface area contributed by atoms with Gasteiger partial charge in [0.1, 0.15) is 5.60 Å². The molecule has 0 aliphatic heterocycles. The topological polar surface area (TPSA) is 96.0 Å². The molecule has 0 bridgehead atoms. The number of anilines is 1. The van der Waals surface area contributed by atoms with E-state index in [9.17, 15) is 9.36 Å². The van der Waals surface area contributed by atoms with Crippen molar-refractivity contribution in [3.05, 3.63) is 11.1 Å². The summed E-state index contributed by atoms with van der Waals surface area (Å²) in [6.45, 7) is 9.15. The lowest BCUT2D eigenvalue weighted by Gasteiger charge is -2.23. The van der Waals surface area contributed by atoms with Crippen molar-refractivity contribution in [3.63, 3.8) is 0 Å². The zero-order valence-corrected chi connectivity index (χ0v) is 16.5. The van der Waals surface area contributed by atoms with Crippen molar-refractivity contribution in [1.29, 1.82) is 0 Å². The summed E-state index contributed by atoms with van der Waals surface area (Å²) in [5, 5.41) is 4.47. The molecule has 0 aromatic carbocycles. The van der Waals surface area contributed by atoms with Crippen LogP contribution in [-0.2, 0) is 23.1 Å². The van der Waals surface area contributed by atoms with E-state index >= 15 is 0 Å². The molecule has 1 aromatic heterocycles. The van der Waals surface area contributed by atoms with E-state index in [2.05, 4.69) is 10.3 Å². The van der Waals surface area contributed by atoms with Crippen LogP contribution in [0.5, 0.6) is 0 Å². The van der Waals surface area contributed by atoms with Gasteiger partial charge in [-0.15, -0.1) is 11.3 Å². The van der Waals surface area contributed by atoms with Crippen LogP contribution in [0.25, 0.3) is 0 Å². The Kier molecular flexibility index (Phi) is 7.82. The van der Waals surface area contributed by atoms with Crippen LogP contribution in [0.15, 0.2) is 5.38 Å². The first-order chi connectivity index (χ1) is 11.1. The molecule has 1 aromatic rings. The lowest BCUT2D eigenvalue weighted by atomic mass is 10.2. The van der Waals surface area contributed by atoms with Crippen LogP contribution in [-0.4, -0.2) is 37.0 Å². The lowest BCUT2D eigenvalue weighted by molar-refractivity contribution is 0.0636. The van der Waals surface area contributed by atoms with E-state index in [1.54, 1.807) is 40.0 Å². The second kappa shape index (κ2) is 8.92. The number of thiazole rings is 1. The average Bonchev–Trinajstić information content (AvgIpc) is 2.85. The lowest BCUT2D eigenvalue weighted by Crippen LogP contribution is -2.27. The molecule has 0 radical (unpaired) electrons. The van der Waals surface area contributed by atoms with Crippen LogP contribution < -0.4 is 5.32 Å². The van der Waals surface area contributed by atoms with Gasteiger partial charge in [-0.3, -0.25) is 9.88 Å². The van der Waals surface area contributed by atoms with E-state index in [1.807, 2.05) is 0 Å². The molecular weight excluding hydrogens is 355 g/mol. The predicted molar refractivity (Wildman–Crippen MR) is 92.6 cm³/mol.